The zero-order valence-corrected chi connectivity index (χ0v) is 9.62. The summed E-state index contributed by atoms with van der Waals surface area (Å²) in [6.45, 7) is 5.50. The Kier molecular flexibility index (Phi) is 3.57. The summed E-state index contributed by atoms with van der Waals surface area (Å²) in [5.74, 6) is 0. The maximum absolute atomic E-state index is 11.4. The molecule has 3 atom stereocenters. The van der Waals surface area contributed by atoms with Crippen LogP contribution in [0.4, 0.5) is 4.79 Å². The summed E-state index contributed by atoms with van der Waals surface area (Å²) >= 11 is 0. The summed E-state index contributed by atoms with van der Waals surface area (Å²) in [4.78, 5) is 11.4. The second kappa shape index (κ2) is 4.37. The Morgan fingerprint density at radius 3 is 2.13 bits per heavy atom. The van der Waals surface area contributed by atoms with Gasteiger partial charge in [0, 0.05) is 18.1 Å². The number of hydrogen-bond acceptors (Lipinski definition) is 4. The first kappa shape index (κ1) is 12.3. The number of amides is 1. The van der Waals surface area contributed by atoms with Gasteiger partial charge < -0.3 is 21.5 Å². The van der Waals surface area contributed by atoms with Gasteiger partial charge in [-0.25, -0.2) is 4.79 Å². The zero-order chi connectivity index (χ0) is 11.6. The van der Waals surface area contributed by atoms with Crippen LogP contribution in [0, 0.1) is 0 Å². The molecule has 0 spiro atoms. The van der Waals surface area contributed by atoms with E-state index < -0.39 is 11.7 Å². The minimum Gasteiger partial charge on any atom is -0.444 e. The molecule has 0 heterocycles. The van der Waals surface area contributed by atoms with Crippen molar-refractivity contribution in [2.45, 2.75) is 57.3 Å². The molecule has 0 aromatic rings. The molecule has 88 valence electrons. The molecule has 1 unspecified atom stereocenters. The van der Waals surface area contributed by atoms with Gasteiger partial charge in [0.15, 0.2) is 0 Å². The first-order chi connectivity index (χ1) is 6.78. The summed E-state index contributed by atoms with van der Waals surface area (Å²) in [5.41, 5.74) is 11.0. The molecule has 0 saturated heterocycles. The van der Waals surface area contributed by atoms with Crippen molar-refractivity contribution < 1.29 is 9.53 Å². The Morgan fingerprint density at radius 2 is 1.73 bits per heavy atom. The van der Waals surface area contributed by atoms with Gasteiger partial charge in [0.05, 0.1) is 0 Å². The Morgan fingerprint density at radius 1 is 1.27 bits per heavy atom. The molecule has 1 amide bonds. The van der Waals surface area contributed by atoms with Crippen molar-refractivity contribution in [2.75, 3.05) is 0 Å². The molecular formula is C10H21N3O2. The summed E-state index contributed by atoms with van der Waals surface area (Å²) in [7, 11) is 0. The van der Waals surface area contributed by atoms with Crippen LogP contribution in [-0.4, -0.2) is 29.8 Å². The lowest BCUT2D eigenvalue weighted by Gasteiger charge is -2.21. The third-order valence-corrected chi connectivity index (χ3v) is 2.38. The van der Waals surface area contributed by atoms with E-state index in [-0.39, 0.29) is 18.1 Å². The van der Waals surface area contributed by atoms with Crippen molar-refractivity contribution >= 4 is 6.09 Å². The first-order valence-corrected chi connectivity index (χ1v) is 5.28. The largest absolute Gasteiger partial charge is 0.444 e. The summed E-state index contributed by atoms with van der Waals surface area (Å²) in [5, 5.41) is 2.78. The van der Waals surface area contributed by atoms with Crippen LogP contribution in [0.25, 0.3) is 0 Å². The number of nitrogens with one attached hydrogen (secondary N) is 1. The smallest absolute Gasteiger partial charge is 0.407 e. The van der Waals surface area contributed by atoms with E-state index in [4.69, 9.17) is 16.2 Å². The topological polar surface area (TPSA) is 90.4 Å². The van der Waals surface area contributed by atoms with Crippen molar-refractivity contribution in [1.29, 1.82) is 0 Å². The van der Waals surface area contributed by atoms with Crippen LogP contribution in [0.1, 0.15) is 33.6 Å². The first-order valence-electron chi connectivity index (χ1n) is 5.28. The molecule has 1 aliphatic rings. The van der Waals surface area contributed by atoms with E-state index in [9.17, 15) is 4.79 Å². The van der Waals surface area contributed by atoms with Crippen LogP contribution in [0.2, 0.25) is 0 Å². The van der Waals surface area contributed by atoms with Crippen molar-refractivity contribution in [1.82, 2.24) is 5.32 Å². The van der Waals surface area contributed by atoms with Gasteiger partial charge in [-0.05, 0) is 33.6 Å². The van der Waals surface area contributed by atoms with Crippen molar-refractivity contribution in [3.63, 3.8) is 0 Å². The maximum Gasteiger partial charge on any atom is 0.407 e. The molecule has 5 N–H and O–H groups in total. The Labute approximate surface area is 90.5 Å². The fraction of sp³-hybridized carbons (Fsp3) is 0.900. The second-order valence-electron chi connectivity index (χ2n) is 5.14. The molecular weight excluding hydrogens is 194 g/mol. The van der Waals surface area contributed by atoms with Crippen LogP contribution < -0.4 is 16.8 Å². The van der Waals surface area contributed by atoms with Gasteiger partial charge in [-0.15, -0.1) is 0 Å². The van der Waals surface area contributed by atoms with Gasteiger partial charge in [0.25, 0.3) is 0 Å². The average Bonchev–Trinajstić information content (AvgIpc) is 2.26. The minimum absolute atomic E-state index is 0.0232. The predicted octanol–water partition coefficient (Wildman–Crippen LogP) is 0.328. The van der Waals surface area contributed by atoms with Crippen LogP contribution >= 0.6 is 0 Å². The number of hydrogen-bond donors (Lipinski definition) is 3. The Balaban J connectivity index is 2.34. The van der Waals surface area contributed by atoms with E-state index >= 15 is 0 Å². The number of ether oxygens (including phenoxy) is 1. The number of nitrogens with two attached hydrogens (primary N) is 2. The quantitative estimate of drug-likeness (QED) is 0.588. The highest BCUT2D eigenvalue weighted by atomic mass is 16.6. The molecule has 1 rings (SSSR count). The molecule has 0 aromatic carbocycles. The van der Waals surface area contributed by atoms with Gasteiger partial charge in [-0.1, -0.05) is 0 Å². The van der Waals surface area contributed by atoms with Gasteiger partial charge in [0.2, 0.25) is 0 Å². The van der Waals surface area contributed by atoms with Gasteiger partial charge in [-0.3, -0.25) is 0 Å². The third kappa shape index (κ3) is 4.05. The van der Waals surface area contributed by atoms with Gasteiger partial charge in [0.1, 0.15) is 5.60 Å². The number of alkyl carbamates (subject to hydrolysis) is 1. The van der Waals surface area contributed by atoms with E-state index in [1.807, 2.05) is 20.8 Å². The van der Waals surface area contributed by atoms with Gasteiger partial charge >= 0.3 is 6.09 Å². The highest BCUT2D eigenvalue weighted by Gasteiger charge is 2.31. The monoisotopic (exact) mass is 215 g/mol. The fourth-order valence-electron chi connectivity index (χ4n) is 1.69. The van der Waals surface area contributed by atoms with E-state index in [2.05, 4.69) is 5.32 Å². The summed E-state index contributed by atoms with van der Waals surface area (Å²) < 4.78 is 5.14. The number of carbonyl (C=O) groups is 1. The highest BCUT2D eigenvalue weighted by molar-refractivity contribution is 5.68. The molecule has 1 fully saturated rings. The lowest BCUT2D eigenvalue weighted by molar-refractivity contribution is 0.0505. The van der Waals surface area contributed by atoms with Crippen molar-refractivity contribution in [3.05, 3.63) is 0 Å². The minimum atomic E-state index is -0.465. The van der Waals surface area contributed by atoms with Crippen LogP contribution in [0.3, 0.4) is 0 Å². The van der Waals surface area contributed by atoms with Crippen molar-refractivity contribution in [3.8, 4) is 0 Å². The van der Waals surface area contributed by atoms with E-state index in [1.54, 1.807) is 0 Å². The van der Waals surface area contributed by atoms with E-state index in [1.165, 1.54) is 0 Å². The predicted molar refractivity (Wildman–Crippen MR) is 58.3 cm³/mol. The molecule has 15 heavy (non-hydrogen) atoms. The highest BCUT2D eigenvalue weighted by Crippen LogP contribution is 2.17. The standard InChI is InChI=1S/C10H21N3O2/c1-10(2,3)15-9(14)13-6-4-7(11)8(12)5-6/h6-8H,4-5,11-12H2,1-3H3,(H,13,14)/t6?,7-,8+. The van der Waals surface area contributed by atoms with E-state index in [0.29, 0.717) is 0 Å². The summed E-state index contributed by atoms with van der Waals surface area (Å²) in [6, 6.07) is -0.000256. The van der Waals surface area contributed by atoms with Crippen LogP contribution in [0.15, 0.2) is 0 Å². The number of carbonyl (C=O) groups excluding carboxylic acids is 1. The van der Waals surface area contributed by atoms with Crippen molar-refractivity contribution in [2.24, 2.45) is 11.5 Å². The average molecular weight is 215 g/mol. The molecule has 1 saturated carbocycles. The lowest BCUT2D eigenvalue weighted by atomic mass is 10.2. The third-order valence-electron chi connectivity index (χ3n) is 2.38. The number of rotatable bonds is 1. The maximum atomic E-state index is 11.4. The molecule has 0 radical (unpaired) electrons. The Hall–Kier alpha value is -0.810. The zero-order valence-electron chi connectivity index (χ0n) is 9.62. The van der Waals surface area contributed by atoms with Crippen LogP contribution in [0.5, 0.6) is 0 Å². The molecule has 0 aliphatic heterocycles. The molecule has 1 aliphatic carbocycles. The molecule has 5 nitrogen and oxygen atoms in total. The Bertz CT molecular complexity index is 227. The normalized spacial score (nSPS) is 31.4. The SMILES string of the molecule is CC(C)(C)OC(=O)NC1C[C@@H](N)[C@@H](N)C1. The summed E-state index contributed by atoms with van der Waals surface area (Å²) in [6.07, 6.45) is 1.05. The molecule has 0 bridgehead atoms. The fourth-order valence-corrected chi connectivity index (χ4v) is 1.69. The van der Waals surface area contributed by atoms with Gasteiger partial charge in [-0.2, -0.15) is 0 Å². The molecule has 5 heteroatoms. The second-order valence-corrected chi connectivity index (χ2v) is 5.14. The van der Waals surface area contributed by atoms with Crippen LogP contribution in [-0.2, 0) is 4.74 Å². The van der Waals surface area contributed by atoms with E-state index in [0.717, 1.165) is 12.8 Å². The lowest BCUT2D eigenvalue weighted by Crippen LogP contribution is -2.38. The molecule has 0 aromatic heterocycles.